The Morgan fingerprint density at radius 3 is 2.69 bits per heavy atom. The fourth-order valence-corrected chi connectivity index (χ4v) is 2.42. The Kier molecular flexibility index (Phi) is 3.28. The first-order chi connectivity index (χ1) is 7.58. The van der Waals surface area contributed by atoms with Crippen LogP contribution in [0.25, 0.3) is 0 Å². The van der Waals surface area contributed by atoms with Gasteiger partial charge in [-0.15, -0.1) is 5.10 Å². The second kappa shape index (κ2) is 4.53. The van der Waals surface area contributed by atoms with E-state index in [1.807, 2.05) is 10.9 Å². The third-order valence-electron chi connectivity index (χ3n) is 3.90. The lowest BCUT2D eigenvalue weighted by Gasteiger charge is -2.31. The van der Waals surface area contributed by atoms with Crippen molar-refractivity contribution in [1.29, 1.82) is 0 Å². The summed E-state index contributed by atoms with van der Waals surface area (Å²) < 4.78 is 1.93. The van der Waals surface area contributed by atoms with Crippen molar-refractivity contribution >= 4 is 0 Å². The van der Waals surface area contributed by atoms with E-state index in [0.717, 1.165) is 11.8 Å². The maximum absolute atomic E-state index is 9.41. The summed E-state index contributed by atoms with van der Waals surface area (Å²) in [5.74, 6) is 1.56. The lowest BCUT2D eigenvalue weighted by Crippen LogP contribution is -2.23. The first-order valence-electron chi connectivity index (χ1n) is 6.17. The molecule has 0 bridgehead atoms. The minimum atomic E-state index is -0.520. The molecule has 1 fully saturated rings. The summed E-state index contributed by atoms with van der Waals surface area (Å²) in [6.45, 7) is 6.35. The predicted molar refractivity (Wildman–Crippen MR) is 61.9 cm³/mol. The van der Waals surface area contributed by atoms with Crippen LogP contribution in [0.2, 0.25) is 0 Å². The summed E-state index contributed by atoms with van der Waals surface area (Å²) >= 11 is 0. The molecule has 0 aliphatic heterocycles. The summed E-state index contributed by atoms with van der Waals surface area (Å²) in [6, 6.07) is 0.464. The Bertz CT molecular complexity index is 348. The molecule has 0 saturated heterocycles. The minimum absolute atomic E-state index is 0.464. The number of aliphatic hydroxyl groups is 1. The molecule has 4 unspecified atom stereocenters. The van der Waals surface area contributed by atoms with Gasteiger partial charge in [-0.3, -0.25) is 0 Å². The number of hydrogen-bond acceptors (Lipinski definition) is 3. The van der Waals surface area contributed by atoms with Crippen LogP contribution in [-0.4, -0.2) is 20.1 Å². The molecule has 1 saturated carbocycles. The molecule has 0 aromatic carbocycles. The van der Waals surface area contributed by atoms with Gasteiger partial charge in [0.1, 0.15) is 5.69 Å². The van der Waals surface area contributed by atoms with Gasteiger partial charge in [0.05, 0.1) is 18.3 Å². The highest BCUT2D eigenvalue weighted by atomic mass is 16.3. The molecule has 1 aromatic heterocycles. The van der Waals surface area contributed by atoms with Crippen LogP contribution in [0, 0.1) is 11.8 Å². The fourth-order valence-electron chi connectivity index (χ4n) is 2.42. The molecule has 0 radical (unpaired) electrons. The van der Waals surface area contributed by atoms with Gasteiger partial charge in [0, 0.05) is 0 Å². The minimum Gasteiger partial charge on any atom is -0.387 e. The van der Waals surface area contributed by atoms with Crippen LogP contribution < -0.4 is 0 Å². The van der Waals surface area contributed by atoms with Crippen molar-refractivity contribution in [1.82, 2.24) is 15.0 Å². The Hall–Kier alpha value is -0.900. The molecule has 1 N–H and O–H groups in total. The van der Waals surface area contributed by atoms with Gasteiger partial charge in [-0.1, -0.05) is 19.1 Å². The lowest BCUT2D eigenvalue weighted by molar-refractivity contribution is 0.193. The van der Waals surface area contributed by atoms with Crippen LogP contribution in [0.15, 0.2) is 6.20 Å². The zero-order chi connectivity index (χ0) is 11.7. The van der Waals surface area contributed by atoms with E-state index in [9.17, 15) is 5.11 Å². The summed E-state index contributed by atoms with van der Waals surface area (Å²) in [4.78, 5) is 0. The molecule has 4 nitrogen and oxygen atoms in total. The number of aliphatic hydroxyl groups excluding tert-OH is 1. The Balaban J connectivity index is 2.07. The molecule has 0 amide bonds. The molecular formula is C12H21N3O. The Morgan fingerprint density at radius 1 is 1.38 bits per heavy atom. The Morgan fingerprint density at radius 2 is 2.12 bits per heavy atom. The molecule has 16 heavy (non-hydrogen) atoms. The molecule has 1 heterocycles. The van der Waals surface area contributed by atoms with Crippen molar-refractivity contribution in [3.8, 4) is 0 Å². The molecule has 0 spiro atoms. The zero-order valence-electron chi connectivity index (χ0n) is 10.3. The van der Waals surface area contributed by atoms with Crippen LogP contribution in [0.5, 0.6) is 0 Å². The van der Waals surface area contributed by atoms with Crippen LogP contribution >= 0.6 is 0 Å². The highest BCUT2D eigenvalue weighted by Gasteiger charge is 2.26. The maximum atomic E-state index is 9.41. The second-order valence-corrected chi connectivity index (χ2v) is 5.22. The largest absolute Gasteiger partial charge is 0.387 e. The molecule has 1 aromatic rings. The van der Waals surface area contributed by atoms with Gasteiger partial charge >= 0.3 is 0 Å². The fraction of sp³-hybridized carbons (Fsp3) is 0.833. The van der Waals surface area contributed by atoms with E-state index in [0.29, 0.717) is 11.7 Å². The van der Waals surface area contributed by atoms with Gasteiger partial charge in [-0.2, -0.15) is 0 Å². The molecule has 1 aliphatic rings. The summed E-state index contributed by atoms with van der Waals surface area (Å²) in [6.07, 6.45) is 4.97. The van der Waals surface area contributed by atoms with Crippen molar-refractivity contribution < 1.29 is 5.11 Å². The van der Waals surface area contributed by atoms with Crippen molar-refractivity contribution in [2.75, 3.05) is 0 Å². The standard InChI is InChI=1S/C12H21N3O/c1-8-4-5-11(6-9(8)2)15-7-12(10(3)16)13-14-15/h7-11,16H,4-6H2,1-3H3. The molecular weight excluding hydrogens is 202 g/mol. The average Bonchev–Trinajstić information content (AvgIpc) is 2.71. The normalized spacial score (nSPS) is 32.6. The van der Waals surface area contributed by atoms with E-state index in [4.69, 9.17) is 0 Å². The molecule has 2 rings (SSSR count). The summed E-state index contributed by atoms with van der Waals surface area (Å²) in [7, 11) is 0. The van der Waals surface area contributed by atoms with Crippen LogP contribution in [0.3, 0.4) is 0 Å². The molecule has 4 atom stereocenters. The van der Waals surface area contributed by atoms with E-state index < -0.39 is 6.10 Å². The van der Waals surface area contributed by atoms with Crippen LogP contribution in [0.1, 0.15) is 57.9 Å². The van der Waals surface area contributed by atoms with Crippen molar-refractivity contribution in [3.63, 3.8) is 0 Å². The molecule has 4 heteroatoms. The van der Waals surface area contributed by atoms with Crippen molar-refractivity contribution in [2.24, 2.45) is 11.8 Å². The predicted octanol–water partition coefficient (Wildman–Crippen LogP) is 2.33. The highest BCUT2D eigenvalue weighted by molar-refractivity contribution is 4.97. The van der Waals surface area contributed by atoms with Crippen molar-refractivity contribution in [2.45, 2.75) is 52.2 Å². The third kappa shape index (κ3) is 2.26. The first kappa shape index (κ1) is 11.6. The number of aromatic nitrogens is 3. The van der Waals surface area contributed by atoms with E-state index in [1.165, 1.54) is 19.3 Å². The second-order valence-electron chi connectivity index (χ2n) is 5.22. The Labute approximate surface area is 96.7 Å². The monoisotopic (exact) mass is 223 g/mol. The average molecular weight is 223 g/mol. The van der Waals surface area contributed by atoms with Gasteiger partial charge in [-0.25, -0.2) is 4.68 Å². The zero-order valence-corrected chi connectivity index (χ0v) is 10.3. The molecule has 90 valence electrons. The third-order valence-corrected chi connectivity index (χ3v) is 3.90. The first-order valence-corrected chi connectivity index (χ1v) is 6.17. The SMILES string of the molecule is CC(O)c1cn(C2CCC(C)C(C)C2)nn1. The number of nitrogens with zero attached hydrogens (tertiary/aromatic N) is 3. The van der Waals surface area contributed by atoms with Crippen molar-refractivity contribution in [3.05, 3.63) is 11.9 Å². The topological polar surface area (TPSA) is 50.9 Å². The van der Waals surface area contributed by atoms with E-state index in [1.54, 1.807) is 6.92 Å². The van der Waals surface area contributed by atoms with Gasteiger partial charge in [0.15, 0.2) is 0 Å². The smallest absolute Gasteiger partial charge is 0.111 e. The maximum Gasteiger partial charge on any atom is 0.111 e. The summed E-state index contributed by atoms with van der Waals surface area (Å²) in [5.41, 5.74) is 0.672. The number of hydrogen-bond donors (Lipinski definition) is 1. The van der Waals surface area contributed by atoms with Gasteiger partial charge in [0.25, 0.3) is 0 Å². The highest BCUT2D eigenvalue weighted by Crippen LogP contribution is 2.35. The van der Waals surface area contributed by atoms with Crippen LogP contribution in [-0.2, 0) is 0 Å². The van der Waals surface area contributed by atoms with E-state index in [-0.39, 0.29) is 0 Å². The van der Waals surface area contributed by atoms with E-state index >= 15 is 0 Å². The van der Waals surface area contributed by atoms with E-state index in [2.05, 4.69) is 24.2 Å². The lowest BCUT2D eigenvalue weighted by atomic mass is 9.79. The molecule has 1 aliphatic carbocycles. The number of rotatable bonds is 2. The van der Waals surface area contributed by atoms with Gasteiger partial charge in [-0.05, 0) is 38.0 Å². The van der Waals surface area contributed by atoms with Crippen LogP contribution in [0.4, 0.5) is 0 Å². The summed E-state index contributed by atoms with van der Waals surface area (Å²) in [5, 5.41) is 17.5. The van der Waals surface area contributed by atoms with Gasteiger partial charge in [0.2, 0.25) is 0 Å². The van der Waals surface area contributed by atoms with Gasteiger partial charge < -0.3 is 5.11 Å². The quantitative estimate of drug-likeness (QED) is 0.837.